The zero-order valence-corrected chi connectivity index (χ0v) is 12.3. The van der Waals surface area contributed by atoms with Crippen LogP contribution in [0.25, 0.3) is 10.8 Å². The Kier molecular flexibility index (Phi) is 4.09. The summed E-state index contributed by atoms with van der Waals surface area (Å²) in [6, 6.07) is 14.4. The van der Waals surface area contributed by atoms with E-state index < -0.39 is 6.10 Å². The highest BCUT2D eigenvalue weighted by molar-refractivity contribution is 5.84. The Labute approximate surface area is 125 Å². The number of fused-ring (bicyclic) bond motifs is 1. The highest BCUT2D eigenvalue weighted by atomic mass is 16.5. The molecule has 3 nitrogen and oxygen atoms in total. The van der Waals surface area contributed by atoms with Crippen LogP contribution in [0.5, 0.6) is 5.75 Å². The van der Waals surface area contributed by atoms with Crippen LogP contribution in [0, 0.1) is 0 Å². The Morgan fingerprint density at radius 2 is 1.86 bits per heavy atom. The molecule has 21 heavy (non-hydrogen) atoms. The topological polar surface area (TPSA) is 38.3 Å². The van der Waals surface area contributed by atoms with E-state index in [1.165, 1.54) is 18.2 Å². The second-order valence-corrected chi connectivity index (χ2v) is 5.76. The predicted octanol–water partition coefficient (Wildman–Crippen LogP) is 3.67. The minimum Gasteiger partial charge on any atom is -0.481 e. The summed E-state index contributed by atoms with van der Waals surface area (Å²) in [5, 5.41) is 5.37. The molecule has 1 N–H and O–H groups in total. The van der Waals surface area contributed by atoms with Crippen molar-refractivity contribution in [1.29, 1.82) is 0 Å². The molecule has 1 saturated carbocycles. The Hall–Kier alpha value is -2.03. The van der Waals surface area contributed by atoms with Crippen LogP contribution in [-0.2, 0) is 4.79 Å². The number of hydrogen-bond donors (Lipinski definition) is 1. The molecule has 0 radical (unpaired) electrons. The summed E-state index contributed by atoms with van der Waals surface area (Å²) in [5.41, 5.74) is 0. The molecule has 2 aromatic carbocycles. The smallest absolute Gasteiger partial charge is 0.260 e. The van der Waals surface area contributed by atoms with E-state index in [-0.39, 0.29) is 5.91 Å². The number of amides is 1. The first kappa shape index (κ1) is 13.9. The van der Waals surface area contributed by atoms with Crippen molar-refractivity contribution in [3.63, 3.8) is 0 Å². The van der Waals surface area contributed by atoms with Gasteiger partial charge >= 0.3 is 0 Å². The van der Waals surface area contributed by atoms with Crippen molar-refractivity contribution >= 4 is 16.7 Å². The van der Waals surface area contributed by atoms with Crippen LogP contribution in [0.2, 0.25) is 0 Å². The van der Waals surface area contributed by atoms with E-state index in [0.717, 1.165) is 24.0 Å². The minimum absolute atomic E-state index is 0.0185. The minimum atomic E-state index is -0.466. The predicted molar refractivity (Wildman–Crippen MR) is 84.4 cm³/mol. The Morgan fingerprint density at radius 3 is 2.62 bits per heavy atom. The summed E-state index contributed by atoms with van der Waals surface area (Å²) >= 11 is 0. The maximum Gasteiger partial charge on any atom is 0.260 e. The molecule has 1 fully saturated rings. The Bertz CT molecular complexity index is 632. The van der Waals surface area contributed by atoms with E-state index in [9.17, 15) is 4.79 Å². The summed E-state index contributed by atoms with van der Waals surface area (Å²) in [5.74, 6) is 0.720. The van der Waals surface area contributed by atoms with E-state index in [4.69, 9.17) is 4.74 Å². The molecule has 0 saturated heterocycles. The summed E-state index contributed by atoms with van der Waals surface area (Å²) in [7, 11) is 0. The Morgan fingerprint density at radius 1 is 1.14 bits per heavy atom. The molecule has 1 aliphatic rings. The molecular weight excluding hydrogens is 262 g/mol. The van der Waals surface area contributed by atoms with Crippen LogP contribution in [0.1, 0.15) is 32.6 Å². The number of carbonyl (C=O) groups is 1. The number of hydrogen-bond acceptors (Lipinski definition) is 2. The lowest BCUT2D eigenvalue weighted by atomic mass is 10.1. The van der Waals surface area contributed by atoms with Crippen molar-refractivity contribution in [2.24, 2.45) is 0 Å². The van der Waals surface area contributed by atoms with Crippen LogP contribution < -0.4 is 10.1 Å². The fourth-order valence-corrected chi connectivity index (χ4v) is 2.89. The van der Waals surface area contributed by atoms with E-state index in [0.29, 0.717) is 6.04 Å². The molecule has 0 aromatic heterocycles. The van der Waals surface area contributed by atoms with E-state index in [2.05, 4.69) is 11.4 Å². The second-order valence-electron chi connectivity index (χ2n) is 5.76. The molecule has 1 atom stereocenters. The number of benzene rings is 2. The van der Waals surface area contributed by atoms with Crippen LogP contribution in [-0.4, -0.2) is 18.1 Å². The van der Waals surface area contributed by atoms with Crippen LogP contribution in [0.15, 0.2) is 42.5 Å². The Balaban J connectivity index is 1.64. The molecule has 0 spiro atoms. The lowest BCUT2D eigenvalue weighted by Gasteiger charge is -2.18. The molecular formula is C18H21NO2. The van der Waals surface area contributed by atoms with Crippen molar-refractivity contribution in [2.45, 2.75) is 44.8 Å². The number of nitrogens with one attached hydrogen (secondary N) is 1. The highest BCUT2D eigenvalue weighted by Gasteiger charge is 2.21. The SMILES string of the molecule is C[C@H](Oc1ccc2ccccc2c1)C(=O)NC1CCCC1. The van der Waals surface area contributed by atoms with E-state index in [1.807, 2.05) is 36.4 Å². The van der Waals surface area contributed by atoms with Crippen molar-refractivity contribution in [1.82, 2.24) is 5.32 Å². The lowest BCUT2D eigenvalue weighted by molar-refractivity contribution is -0.127. The molecule has 1 aliphatic carbocycles. The van der Waals surface area contributed by atoms with Crippen LogP contribution in [0.4, 0.5) is 0 Å². The van der Waals surface area contributed by atoms with Crippen LogP contribution in [0.3, 0.4) is 0 Å². The van der Waals surface area contributed by atoms with Crippen LogP contribution >= 0.6 is 0 Å². The zero-order chi connectivity index (χ0) is 14.7. The van der Waals surface area contributed by atoms with Gasteiger partial charge in [0, 0.05) is 6.04 Å². The van der Waals surface area contributed by atoms with Gasteiger partial charge in [-0.25, -0.2) is 0 Å². The van der Waals surface area contributed by atoms with Gasteiger partial charge < -0.3 is 10.1 Å². The molecule has 0 aliphatic heterocycles. The third kappa shape index (κ3) is 3.35. The van der Waals surface area contributed by atoms with Gasteiger partial charge in [0.1, 0.15) is 5.75 Å². The summed E-state index contributed by atoms with van der Waals surface area (Å²) in [6.07, 6.45) is 4.14. The molecule has 0 unspecified atom stereocenters. The van der Waals surface area contributed by atoms with Crippen molar-refractivity contribution in [3.05, 3.63) is 42.5 Å². The van der Waals surface area contributed by atoms with Crippen molar-refractivity contribution < 1.29 is 9.53 Å². The quantitative estimate of drug-likeness (QED) is 0.929. The average molecular weight is 283 g/mol. The van der Waals surface area contributed by atoms with Gasteiger partial charge in [0.25, 0.3) is 5.91 Å². The van der Waals surface area contributed by atoms with Gasteiger partial charge in [-0.3, -0.25) is 4.79 Å². The number of rotatable bonds is 4. The molecule has 1 amide bonds. The zero-order valence-electron chi connectivity index (χ0n) is 12.3. The van der Waals surface area contributed by atoms with Gasteiger partial charge in [0.15, 0.2) is 6.10 Å². The number of ether oxygens (including phenoxy) is 1. The average Bonchev–Trinajstić information content (AvgIpc) is 3.00. The third-order valence-electron chi connectivity index (χ3n) is 4.10. The summed E-state index contributed by atoms with van der Waals surface area (Å²) in [4.78, 5) is 12.1. The van der Waals surface area contributed by atoms with Gasteiger partial charge in [0.05, 0.1) is 0 Å². The van der Waals surface area contributed by atoms with Gasteiger partial charge in [-0.1, -0.05) is 43.2 Å². The molecule has 3 heteroatoms. The fourth-order valence-electron chi connectivity index (χ4n) is 2.89. The monoisotopic (exact) mass is 283 g/mol. The fraction of sp³-hybridized carbons (Fsp3) is 0.389. The second kappa shape index (κ2) is 6.17. The summed E-state index contributed by atoms with van der Waals surface area (Å²) in [6.45, 7) is 1.81. The highest BCUT2D eigenvalue weighted by Crippen LogP contribution is 2.22. The molecule has 3 rings (SSSR count). The van der Waals surface area contributed by atoms with E-state index in [1.54, 1.807) is 6.92 Å². The standard InChI is InChI=1S/C18H21NO2/c1-13(18(20)19-16-8-4-5-9-16)21-17-11-10-14-6-2-3-7-15(14)12-17/h2-3,6-7,10-13,16H,4-5,8-9H2,1H3,(H,19,20)/t13-/m0/s1. The maximum atomic E-state index is 12.1. The van der Waals surface area contributed by atoms with Gasteiger partial charge in [-0.2, -0.15) is 0 Å². The largest absolute Gasteiger partial charge is 0.481 e. The van der Waals surface area contributed by atoms with E-state index >= 15 is 0 Å². The third-order valence-corrected chi connectivity index (χ3v) is 4.10. The first-order valence-corrected chi connectivity index (χ1v) is 7.68. The first-order valence-electron chi connectivity index (χ1n) is 7.68. The molecule has 2 aromatic rings. The van der Waals surface area contributed by atoms with Gasteiger partial charge in [-0.15, -0.1) is 0 Å². The molecule has 0 bridgehead atoms. The molecule has 110 valence electrons. The first-order chi connectivity index (χ1) is 10.2. The normalized spacial score (nSPS) is 16.8. The van der Waals surface area contributed by atoms with Crippen molar-refractivity contribution in [2.75, 3.05) is 0 Å². The summed E-state index contributed by atoms with van der Waals surface area (Å²) < 4.78 is 5.78. The van der Waals surface area contributed by atoms with Gasteiger partial charge in [0.2, 0.25) is 0 Å². The van der Waals surface area contributed by atoms with Crippen molar-refractivity contribution in [3.8, 4) is 5.75 Å². The van der Waals surface area contributed by atoms with Gasteiger partial charge in [-0.05, 0) is 42.7 Å². The molecule has 0 heterocycles. The lowest BCUT2D eigenvalue weighted by Crippen LogP contribution is -2.41. The number of carbonyl (C=O) groups excluding carboxylic acids is 1. The maximum absolute atomic E-state index is 12.1.